The summed E-state index contributed by atoms with van der Waals surface area (Å²) in [5, 5.41) is 0. The first-order valence-corrected chi connectivity index (χ1v) is 7.48. The number of nitrogens with zero attached hydrogens (tertiary/aromatic N) is 1. The van der Waals surface area contributed by atoms with Crippen LogP contribution in [-0.2, 0) is 0 Å². The lowest BCUT2D eigenvalue weighted by molar-refractivity contribution is 0.0729. The molecule has 0 aromatic heterocycles. The van der Waals surface area contributed by atoms with Crippen molar-refractivity contribution in [3.8, 4) is 0 Å². The van der Waals surface area contributed by atoms with Gasteiger partial charge in [0.15, 0.2) is 0 Å². The van der Waals surface area contributed by atoms with Gasteiger partial charge in [-0.05, 0) is 43.5 Å². The van der Waals surface area contributed by atoms with E-state index in [0.29, 0.717) is 4.83 Å². The highest BCUT2D eigenvalue weighted by molar-refractivity contribution is 9.10. The number of rotatable bonds is 1. The van der Waals surface area contributed by atoms with Crippen molar-refractivity contribution in [1.82, 2.24) is 4.90 Å². The topological polar surface area (TPSA) is 20.3 Å². The first-order valence-electron chi connectivity index (χ1n) is 5.77. The molecule has 0 N–H and O–H groups in total. The minimum atomic E-state index is 0.152. The van der Waals surface area contributed by atoms with Crippen LogP contribution in [0, 0.1) is 6.92 Å². The molecule has 1 aromatic rings. The Kier molecular flexibility index (Phi) is 4.26. The van der Waals surface area contributed by atoms with Gasteiger partial charge in [0.05, 0.1) is 0 Å². The van der Waals surface area contributed by atoms with Crippen LogP contribution >= 0.6 is 31.9 Å². The zero-order valence-electron chi connectivity index (χ0n) is 9.75. The van der Waals surface area contributed by atoms with E-state index in [1.807, 2.05) is 30.0 Å². The number of amides is 1. The molecule has 1 saturated heterocycles. The average molecular weight is 361 g/mol. The fourth-order valence-electron chi connectivity index (χ4n) is 2.15. The van der Waals surface area contributed by atoms with Crippen LogP contribution in [-0.4, -0.2) is 28.7 Å². The smallest absolute Gasteiger partial charge is 0.254 e. The molecule has 0 radical (unpaired) electrons. The van der Waals surface area contributed by atoms with E-state index in [-0.39, 0.29) is 5.91 Å². The zero-order chi connectivity index (χ0) is 12.4. The van der Waals surface area contributed by atoms with Gasteiger partial charge in [-0.3, -0.25) is 4.79 Å². The number of alkyl halides is 1. The maximum absolute atomic E-state index is 12.4. The third-order valence-corrected chi connectivity index (χ3v) is 4.31. The molecule has 17 heavy (non-hydrogen) atoms. The summed E-state index contributed by atoms with van der Waals surface area (Å²) in [7, 11) is 0. The van der Waals surface area contributed by atoms with Crippen molar-refractivity contribution >= 4 is 37.8 Å². The van der Waals surface area contributed by atoms with E-state index in [1.165, 1.54) is 0 Å². The lowest BCUT2D eigenvalue weighted by atomic mass is 10.1. The van der Waals surface area contributed by atoms with Gasteiger partial charge in [-0.15, -0.1) is 0 Å². The van der Waals surface area contributed by atoms with Gasteiger partial charge in [0.2, 0.25) is 0 Å². The third-order valence-electron chi connectivity index (χ3n) is 3.07. The molecule has 1 aliphatic rings. The molecule has 0 saturated carbocycles. The number of carbonyl (C=O) groups excluding carboxylic acids is 1. The molecular formula is C13H15Br2NO. The zero-order valence-corrected chi connectivity index (χ0v) is 12.9. The lowest BCUT2D eigenvalue weighted by Gasteiger charge is -2.30. The SMILES string of the molecule is Cc1cc(Br)ccc1C(=O)N1CCCC(Br)C1. The van der Waals surface area contributed by atoms with E-state index in [4.69, 9.17) is 0 Å². The number of hydrogen-bond acceptors (Lipinski definition) is 1. The minimum absolute atomic E-state index is 0.152. The molecule has 1 fully saturated rings. The number of hydrogen-bond donors (Lipinski definition) is 0. The normalized spacial score (nSPS) is 20.4. The van der Waals surface area contributed by atoms with Crippen molar-refractivity contribution in [3.05, 3.63) is 33.8 Å². The molecule has 0 bridgehead atoms. The number of piperidine rings is 1. The largest absolute Gasteiger partial charge is 0.338 e. The summed E-state index contributed by atoms with van der Waals surface area (Å²) in [5.74, 6) is 0.152. The van der Waals surface area contributed by atoms with Crippen molar-refractivity contribution in [1.29, 1.82) is 0 Å². The summed E-state index contributed by atoms with van der Waals surface area (Å²) in [4.78, 5) is 14.8. The number of carbonyl (C=O) groups is 1. The quantitative estimate of drug-likeness (QED) is 0.698. The maximum Gasteiger partial charge on any atom is 0.254 e. The number of aryl methyl sites for hydroxylation is 1. The molecule has 1 atom stereocenters. The second-order valence-corrected chi connectivity index (χ2v) is 6.66. The second-order valence-electron chi connectivity index (χ2n) is 4.45. The highest BCUT2D eigenvalue weighted by Crippen LogP contribution is 2.21. The summed E-state index contributed by atoms with van der Waals surface area (Å²) in [6.45, 7) is 3.67. The summed E-state index contributed by atoms with van der Waals surface area (Å²) in [6, 6.07) is 5.82. The van der Waals surface area contributed by atoms with Crippen LogP contribution in [0.5, 0.6) is 0 Å². The van der Waals surface area contributed by atoms with Crippen LogP contribution in [0.2, 0.25) is 0 Å². The molecule has 1 heterocycles. The average Bonchev–Trinajstić information content (AvgIpc) is 2.28. The minimum Gasteiger partial charge on any atom is -0.338 e. The third kappa shape index (κ3) is 3.10. The molecule has 1 aliphatic heterocycles. The first kappa shape index (κ1) is 13.1. The van der Waals surface area contributed by atoms with Gasteiger partial charge in [-0.25, -0.2) is 0 Å². The van der Waals surface area contributed by atoms with Gasteiger partial charge in [0.25, 0.3) is 5.91 Å². The Morgan fingerprint density at radius 3 is 2.88 bits per heavy atom. The van der Waals surface area contributed by atoms with Gasteiger partial charge < -0.3 is 4.90 Å². The molecule has 1 amide bonds. The fraction of sp³-hybridized carbons (Fsp3) is 0.462. The van der Waals surface area contributed by atoms with Crippen LogP contribution in [0.15, 0.2) is 22.7 Å². The second kappa shape index (κ2) is 5.53. The summed E-state index contributed by atoms with van der Waals surface area (Å²) >= 11 is 7.02. The molecule has 2 nitrogen and oxygen atoms in total. The van der Waals surface area contributed by atoms with Crippen LogP contribution in [0.1, 0.15) is 28.8 Å². The van der Waals surface area contributed by atoms with Crippen molar-refractivity contribution in [2.24, 2.45) is 0 Å². The Hall–Kier alpha value is -0.350. The Morgan fingerprint density at radius 1 is 1.47 bits per heavy atom. The Morgan fingerprint density at radius 2 is 2.24 bits per heavy atom. The predicted octanol–water partition coefficient (Wildman–Crippen LogP) is 3.76. The van der Waals surface area contributed by atoms with E-state index >= 15 is 0 Å². The van der Waals surface area contributed by atoms with E-state index in [2.05, 4.69) is 31.9 Å². The number of likely N-dealkylation sites (tertiary alicyclic amines) is 1. The Labute approximate surface area is 119 Å². The summed E-state index contributed by atoms with van der Waals surface area (Å²) < 4.78 is 1.02. The first-order chi connectivity index (χ1) is 8.08. The monoisotopic (exact) mass is 359 g/mol. The van der Waals surface area contributed by atoms with Crippen molar-refractivity contribution in [2.45, 2.75) is 24.6 Å². The van der Waals surface area contributed by atoms with Gasteiger partial charge in [0, 0.05) is 28.0 Å². The van der Waals surface area contributed by atoms with E-state index in [1.54, 1.807) is 0 Å². The van der Waals surface area contributed by atoms with Gasteiger partial charge in [-0.2, -0.15) is 0 Å². The van der Waals surface area contributed by atoms with Gasteiger partial charge >= 0.3 is 0 Å². The molecule has 92 valence electrons. The molecule has 2 rings (SSSR count). The van der Waals surface area contributed by atoms with Gasteiger partial charge in [0.1, 0.15) is 0 Å². The Balaban J connectivity index is 2.18. The number of halogens is 2. The summed E-state index contributed by atoms with van der Waals surface area (Å²) in [6.07, 6.45) is 2.24. The molecular weight excluding hydrogens is 346 g/mol. The van der Waals surface area contributed by atoms with E-state index in [0.717, 1.165) is 41.5 Å². The number of benzene rings is 1. The Bertz CT molecular complexity index is 433. The van der Waals surface area contributed by atoms with E-state index < -0.39 is 0 Å². The molecule has 1 aromatic carbocycles. The molecule has 0 aliphatic carbocycles. The molecule has 0 spiro atoms. The van der Waals surface area contributed by atoms with Crippen LogP contribution in [0.4, 0.5) is 0 Å². The molecule has 4 heteroatoms. The van der Waals surface area contributed by atoms with Crippen molar-refractivity contribution in [2.75, 3.05) is 13.1 Å². The van der Waals surface area contributed by atoms with Crippen molar-refractivity contribution in [3.63, 3.8) is 0 Å². The van der Waals surface area contributed by atoms with Crippen molar-refractivity contribution < 1.29 is 4.79 Å². The van der Waals surface area contributed by atoms with Crippen LogP contribution in [0.25, 0.3) is 0 Å². The highest BCUT2D eigenvalue weighted by Gasteiger charge is 2.23. The lowest BCUT2D eigenvalue weighted by Crippen LogP contribution is -2.40. The van der Waals surface area contributed by atoms with Gasteiger partial charge in [-0.1, -0.05) is 31.9 Å². The van der Waals surface area contributed by atoms with E-state index in [9.17, 15) is 4.79 Å². The van der Waals surface area contributed by atoms with Crippen LogP contribution < -0.4 is 0 Å². The fourth-order valence-corrected chi connectivity index (χ4v) is 3.30. The molecule has 1 unspecified atom stereocenters. The van der Waals surface area contributed by atoms with Crippen LogP contribution in [0.3, 0.4) is 0 Å². The summed E-state index contributed by atoms with van der Waals surface area (Å²) in [5.41, 5.74) is 1.84. The standard InChI is InChI=1S/C13H15Br2NO/c1-9-7-10(14)4-5-12(9)13(17)16-6-2-3-11(15)8-16/h4-5,7,11H,2-3,6,8H2,1H3. The predicted molar refractivity (Wildman–Crippen MR) is 76.7 cm³/mol. The highest BCUT2D eigenvalue weighted by atomic mass is 79.9. The maximum atomic E-state index is 12.4.